The molecule has 0 saturated heterocycles. The largest absolute Gasteiger partial charge is 0.490 e. The number of aromatic nitrogens is 3. The Morgan fingerprint density at radius 1 is 0.980 bits per heavy atom. The smallest absolute Gasteiger partial charge is 0.255 e. The molecule has 0 saturated carbocycles. The fourth-order valence-electron chi connectivity index (χ4n) is 5.63. The minimum absolute atomic E-state index is 0.184. The third kappa shape index (κ3) is 7.95. The molecule has 0 spiro atoms. The summed E-state index contributed by atoms with van der Waals surface area (Å²) in [5, 5.41) is 13.6. The number of hydrogen-bond acceptors (Lipinski definition) is 7. The number of halogens is 4. The molecule has 8 nitrogen and oxygen atoms in total. The Hall–Kier alpha value is -3.67. The first-order chi connectivity index (χ1) is 24.0. The van der Waals surface area contributed by atoms with Crippen molar-refractivity contribution in [3.63, 3.8) is 0 Å². The first kappa shape index (κ1) is 36.1. The van der Waals surface area contributed by atoms with E-state index in [0.29, 0.717) is 65.8 Å². The van der Waals surface area contributed by atoms with Crippen molar-refractivity contribution in [2.75, 3.05) is 17.2 Å². The van der Waals surface area contributed by atoms with Crippen molar-refractivity contribution in [1.82, 2.24) is 14.8 Å². The van der Waals surface area contributed by atoms with Crippen LogP contribution in [0.4, 0.5) is 11.6 Å². The lowest BCUT2D eigenvalue weighted by Gasteiger charge is -2.29. The van der Waals surface area contributed by atoms with Crippen LogP contribution in [0, 0.1) is 13.8 Å². The summed E-state index contributed by atoms with van der Waals surface area (Å²) in [5.74, 6) is 1.79. The van der Waals surface area contributed by atoms with Gasteiger partial charge in [-0.1, -0.05) is 88.5 Å². The summed E-state index contributed by atoms with van der Waals surface area (Å²) in [6, 6.07) is 22.0. The molecule has 0 radical (unpaired) electrons. The van der Waals surface area contributed by atoms with Crippen LogP contribution in [-0.2, 0) is 17.2 Å². The number of aryl methyl sites for hydroxylation is 2. The molecule has 1 unspecified atom stereocenters. The van der Waals surface area contributed by atoms with Gasteiger partial charge in [-0.2, -0.15) is 4.98 Å². The van der Waals surface area contributed by atoms with Crippen LogP contribution < -0.4 is 20.1 Å². The summed E-state index contributed by atoms with van der Waals surface area (Å²) in [4.78, 5) is 19.1. The highest BCUT2D eigenvalue weighted by atomic mass is 79.9. The fourth-order valence-corrected chi connectivity index (χ4v) is 7.79. The number of rotatable bonds is 11. The number of amides is 1. The molecule has 258 valence electrons. The maximum Gasteiger partial charge on any atom is 0.255 e. The predicted octanol–water partition coefficient (Wildman–Crippen LogP) is 10.8. The molecule has 4 aromatic carbocycles. The van der Waals surface area contributed by atoms with Crippen molar-refractivity contribution >= 4 is 80.0 Å². The van der Waals surface area contributed by atoms with Crippen molar-refractivity contribution in [2.45, 2.75) is 51.3 Å². The summed E-state index contributed by atoms with van der Waals surface area (Å²) in [6.45, 7) is 8.32. The Balaban J connectivity index is 1.40. The number of fused-ring (bicyclic) bond motifs is 1. The van der Waals surface area contributed by atoms with Gasteiger partial charge in [0.1, 0.15) is 12.6 Å². The van der Waals surface area contributed by atoms with Crippen molar-refractivity contribution in [1.29, 1.82) is 0 Å². The highest BCUT2D eigenvalue weighted by Gasteiger charge is 2.36. The third-order valence-electron chi connectivity index (χ3n) is 8.06. The molecule has 1 amide bonds. The molecule has 0 fully saturated rings. The van der Waals surface area contributed by atoms with Crippen LogP contribution in [0.15, 0.2) is 93.7 Å². The Morgan fingerprint density at radius 2 is 1.78 bits per heavy atom. The SMILES string of the molecule is CCOc1cc(C2C(C(=O)Nc3ccc(C)cc3C)=C(C)Nc3nc(SCc4ccccc4Cl)nn32)cc(Br)c1OCc1ccc(Cl)cc1Cl. The first-order valence-corrected chi connectivity index (χ1v) is 18.7. The number of benzene rings is 4. The van der Waals surface area contributed by atoms with E-state index in [9.17, 15) is 4.79 Å². The molecule has 0 bridgehead atoms. The highest BCUT2D eigenvalue weighted by molar-refractivity contribution is 9.10. The van der Waals surface area contributed by atoms with Gasteiger partial charge in [-0.15, -0.1) is 5.10 Å². The van der Waals surface area contributed by atoms with Crippen molar-refractivity contribution < 1.29 is 14.3 Å². The Kier molecular flexibility index (Phi) is 11.3. The van der Waals surface area contributed by atoms with Crippen LogP contribution in [-0.4, -0.2) is 27.3 Å². The van der Waals surface area contributed by atoms with E-state index in [1.807, 2.05) is 88.4 Å². The predicted molar refractivity (Wildman–Crippen MR) is 206 cm³/mol. The lowest BCUT2D eigenvalue weighted by molar-refractivity contribution is -0.113. The molecule has 1 atom stereocenters. The van der Waals surface area contributed by atoms with E-state index in [1.54, 1.807) is 16.8 Å². The van der Waals surface area contributed by atoms with Gasteiger partial charge in [0.05, 0.1) is 16.7 Å². The molecule has 0 aliphatic carbocycles. The molecule has 5 aromatic rings. The normalized spacial score (nSPS) is 13.9. The number of carbonyl (C=O) groups excluding carboxylic acids is 1. The summed E-state index contributed by atoms with van der Waals surface area (Å²) in [5.41, 5.74) is 6.38. The number of ether oxygens (including phenoxy) is 2. The van der Waals surface area contributed by atoms with Gasteiger partial charge in [0.15, 0.2) is 11.5 Å². The van der Waals surface area contributed by atoms with E-state index in [1.165, 1.54) is 11.8 Å². The van der Waals surface area contributed by atoms with E-state index in [4.69, 9.17) is 54.4 Å². The fraction of sp³-hybridized carbons (Fsp3) is 0.216. The molecular formula is C37H33BrCl3N5O3S. The van der Waals surface area contributed by atoms with Gasteiger partial charge >= 0.3 is 0 Å². The van der Waals surface area contributed by atoms with Gasteiger partial charge in [0, 0.05) is 37.8 Å². The third-order valence-corrected chi connectivity index (χ3v) is 10.5. The Bertz CT molecular complexity index is 2120. The number of hydrogen-bond donors (Lipinski definition) is 2. The number of anilines is 2. The van der Waals surface area contributed by atoms with E-state index >= 15 is 0 Å². The number of thioether (sulfide) groups is 1. The lowest BCUT2D eigenvalue weighted by Crippen LogP contribution is -2.31. The summed E-state index contributed by atoms with van der Waals surface area (Å²) in [6.07, 6.45) is 0. The molecule has 1 aliphatic heterocycles. The van der Waals surface area contributed by atoms with Crippen molar-refractivity contribution in [3.8, 4) is 11.5 Å². The summed E-state index contributed by atoms with van der Waals surface area (Å²) >= 11 is 24.2. The molecule has 13 heteroatoms. The number of nitrogens with one attached hydrogen (secondary N) is 2. The van der Waals surface area contributed by atoms with Crippen LogP contribution in [0.3, 0.4) is 0 Å². The Morgan fingerprint density at radius 3 is 2.52 bits per heavy atom. The zero-order valence-corrected chi connectivity index (χ0v) is 32.3. The minimum atomic E-state index is -0.672. The second-order valence-electron chi connectivity index (χ2n) is 11.7. The van der Waals surface area contributed by atoms with Crippen LogP contribution in [0.5, 0.6) is 11.5 Å². The zero-order chi connectivity index (χ0) is 35.5. The standard InChI is InChI=1S/C37H33BrCl3N5O3S/c1-5-48-31-16-25(15-27(38)34(31)49-18-23-11-12-26(39)17-29(23)41)33-32(35(47)43-30-13-10-20(2)14-21(30)3)22(4)42-36-44-37(45-46(33)36)50-19-24-8-6-7-9-28(24)40/h6-17,33H,5,18-19H2,1-4H3,(H,43,47)(H,42,44,45). The van der Waals surface area contributed by atoms with E-state index in [0.717, 1.165) is 33.5 Å². The molecular weight excluding hydrogens is 781 g/mol. The van der Waals surface area contributed by atoms with Gasteiger partial charge in [0.25, 0.3) is 5.91 Å². The first-order valence-electron chi connectivity index (χ1n) is 15.7. The Labute approximate surface area is 318 Å². The van der Waals surface area contributed by atoms with Crippen LogP contribution in [0.1, 0.15) is 47.7 Å². The second kappa shape index (κ2) is 15.7. The van der Waals surface area contributed by atoms with Crippen LogP contribution in [0.2, 0.25) is 15.1 Å². The number of nitrogens with zero attached hydrogens (tertiary/aromatic N) is 3. The van der Waals surface area contributed by atoms with Crippen molar-refractivity contribution in [2.24, 2.45) is 0 Å². The quantitative estimate of drug-likeness (QED) is 0.128. The van der Waals surface area contributed by atoms with Crippen LogP contribution in [0.25, 0.3) is 0 Å². The summed E-state index contributed by atoms with van der Waals surface area (Å²) in [7, 11) is 0. The molecule has 2 N–H and O–H groups in total. The van der Waals surface area contributed by atoms with Gasteiger partial charge in [-0.05, 0) is 96.7 Å². The van der Waals surface area contributed by atoms with Gasteiger partial charge in [-0.3, -0.25) is 4.79 Å². The molecule has 1 aromatic heterocycles. The molecule has 2 heterocycles. The van der Waals surface area contributed by atoms with Gasteiger partial charge < -0.3 is 20.1 Å². The molecule has 6 rings (SSSR count). The molecule has 50 heavy (non-hydrogen) atoms. The second-order valence-corrected chi connectivity index (χ2v) is 14.7. The number of carbonyl (C=O) groups is 1. The average molecular weight is 814 g/mol. The maximum atomic E-state index is 14.3. The number of allylic oxidation sites excluding steroid dienone is 1. The van der Waals surface area contributed by atoms with Crippen LogP contribution >= 0.6 is 62.5 Å². The highest BCUT2D eigenvalue weighted by Crippen LogP contribution is 2.44. The van der Waals surface area contributed by atoms with Gasteiger partial charge in [0.2, 0.25) is 11.1 Å². The average Bonchev–Trinajstić information content (AvgIpc) is 3.47. The maximum absolute atomic E-state index is 14.3. The van der Waals surface area contributed by atoms with Crippen molar-refractivity contribution in [3.05, 3.63) is 131 Å². The van der Waals surface area contributed by atoms with E-state index in [-0.39, 0.29) is 12.5 Å². The topological polar surface area (TPSA) is 90.3 Å². The van der Waals surface area contributed by atoms with E-state index in [2.05, 4.69) is 26.6 Å². The summed E-state index contributed by atoms with van der Waals surface area (Å²) < 4.78 is 14.8. The van der Waals surface area contributed by atoms with Gasteiger partial charge in [-0.25, -0.2) is 4.68 Å². The lowest BCUT2D eigenvalue weighted by atomic mass is 9.94. The minimum Gasteiger partial charge on any atom is -0.490 e. The monoisotopic (exact) mass is 811 g/mol. The molecule has 1 aliphatic rings. The zero-order valence-electron chi connectivity index (χ0n) is 27.6. The van der Waals surface area contributed by atoms with E-state index < -0.39 is 6.04 Å².